The average molecular weight is 341 g/mol. The van der Waals surface area contributed by atoms with Crippen molar-refractivity contribution >= 4 is 5.78 Å². The summed E-state index contributed by atoms with van der Waals surface area (Å²) in [5.41, 5.74) is 5.84. The first kappa shape index (κ1) is 15.2. The summed E-state index contributed by atoms with van der Waals surface area (Å²) in [6, 6.07) is 10.1. The summed E-state index contributed by atoms with van der Waals surface area (Å²) >= 11 is 0. The van der Waals surface area contributed by atoms with Crippen LogP contribution in [0.15, 0.2) is 101 Å². The summed E-state index contributed by atoms with van der Waals surface area (Å²) in [5, 5.41) is 0. The second-order valence-electron chi connectivity index (χ2n) is 6.89. The third-order valence-corrected chi connectivity index (χ3v) is 5.19. The Kier molecular flexibility index (Phi) is 3.52. The molecule has 26 heavy (non-hydrogen) atoms. The molecule has 0 spiro atoms. The van der Waals surface area contributed by atoms with Crippen LogP contribution in [0.2, 0.25) is 0 Å². The van der Waals surface area contributed by atoms with Gasteiger partial charge in [0.25, 0.3) is 0 Å². The van der Waals surface area contributed by atoms with E-state index >= 15 is 0 Å². The van der Waals surface area contributed by atoms with Gasteiger partial charge in [0, 0.05) is 24.6 Å². The lowest BCUT2D eigenvalue weighted by atomic mass is 9.85. The summed E-state index contributed by atoms with van der Waals surface area (Å²) in [4.78, 5) is 15.3. The maximum absolute atomic E-state index is 13.2. The number of hydrogen-bond acceptors (Lipinski definition) is 3. The number of fused-ring (bicyclic) bond motifs is 1. The first-order valence-corrected chi connectivity index (χ1v) is 9.06. The van der Waals surface area contributed by atoms with Crippen molar-refractivity contribution < 1.29 is 9.53 Å². The molecule has 0 saturated heterocycles. The summed E-state index contributed by atoms with van der Waals surface area (Å²) in [6.45, 7) is 0. The predicted octanol–water partition coefficient (Wildman–Crippen LogP) is 4.69. The van der Waals surface area contributed by atoms with Gasteiger partial charge in [0.1, 0.15) is 12.0 Å². The Bertz CT molecular complexity index is 971. The molecule has 2 aliphatic heterocycles. The second-order valence-corrected chi connectivity index (χ2v) is 6.89. The van der Waals surface area contributed by atoms with Gasteiger partial charge in [-0.2, -0.15) is 0 Å². The molecule has 0 aromatic heterocycles. The van der Waals surface area contributed by atoms with Gasteiger partial charge in [0.15, 0.2) is 5.78 Å². The van der Waals surface area contributed by atoms with Crippen LogP contribution in [-0.4, -0.2) is 10.7 Å². The van der Waals surface area contributed by atoms with E-state index in [1.54, 1.807) is 6.26 Å². The molecule has 3 heteroatoms. The molecule has 5 rings (SSSR count). The monoisotopic (exact) mass is 341 g/mol. The Morgan fingerprint density at radius 1 is 1.12 bits per heavy atom. The van der Waals surface area contributed by atoms with Crippen LogP contribution in [-0.2, 0) is 16.0 Å². The van der Waals surface area contributed by atoms with Crippen LogP contribution in [0.1, 0.15) is 24.8 Å². The number of rotatable bonds is 2. The minimum Gasteiger partial charge on any atom is -0.466 e. The van der Waals surface area contributed by atoms with Gasteiger partial charge in [-0.15, -0.1) is 0 Å². The van der Waals surface area contributed by atoms with Crippen molar-refractivity contribution in [1.82, 2.24) is 4.90 Å². The lowest BCUT2D eigenvalue weighted by molar-refractivity contribution is -0.112. The molecule has 0 unspecified atom stereocenters. The van der Waals surface area contributed by atoms with Crippen LogP contribution in [0.4, 0.5) is 0 Å². The molecule has 4 aliphatic rings. The zero-order valence-corrected chi connectivity index (χ0v) is 14.4. The molecule has 2 heterocycles. The molecular weight excluding hydrogens is 322 g/mol. The highest BCUT2D eigenvalue weighted by Gasteiger charge is 2.34. The molecule has 1 aromatic rings. The number of carbonyl (C=O) groups is 1. The highest BCUT2D eigenvalue weighted by atomic mass is 16.5. The number of ketones is 1. The van der Waals surface area contributed by atoms with E-state index in [9.17, 15) is 4.79 Å². The fraction of sp³-hybridized carbons (Fsp3) is 0.174. The Labute approximate surface area is 153 Å². The van der Waals surface area contributed by atoms with Crippen molar-refractivity contribution in [3.8, 4) is 0 Å². The smallest absolute Gasteiger partial charge is 0.194 e. The largest absolute Gasteiger partial charge is 0.466 e. The van der Waals surface area contributed by atoms with E-state index in [-0.39, 0.29) is 5.78 Å². The topological polar surface area (TPSA) is 29.5 Å². The molecule has 0 radical (unpaired) electrons. The number of benzene rings is 1. The zero-order chi connectivity index (χ0) is 17.5. The van der Waals surface area contributed by atoms with Crippen LogP contribution >= 0.6 is 0 Å². The molecule has 1 aromatic carbocycles. The average Bonchev–Trinajstić information content (AvgIpc) is 2.85. The van der Waals surface area contributed by atoms with E-state index in [0.29, 0.717) is 12.0 Å². The molecule has 0 N–H and O–H groups in total. The van der Waals surface area contributed by atoms with Crippen molar-refractivity contribution in [1.29, 1.82) is 0 Å². The van der Waals surface area contributed by atoms with Gasteiger partial charge in [-0.3, -0.25) is 4.79 Å². The molecular formula is C23H19NO2. The highest BCUT2D eigenvalue weighted by molar-refractivity contribution is 6.13. The quantitative estimate of drug-likeness (QED) is 0.782. The summed E-state index contributed by atoms with van der Waals surface area (Å²) in [5.74, 6) is 1.00. The van der Waals surface area contributed by atoms with Gasteiger partial charge >= 0.3 is 0 Å². The van der Waals surface area contributed by atoms with Gasteiger partial charge in [0.2, 0.25) is 0 Å². The standard InChI is InChI=1S/C23H19NO2/c25-23-18(13-16-7-2-1-3-8-16)14-17-9-6-12-24-20-10-4-5-11-21(20)26-15-19(23)22(17)24/h1-4,6-8,10,12,14-15H,5,9,11,13H2. The SMILES string of the molecule is O=C1C(Cc2ccccc2)=CC2=C3C1=COC1=C(C=CCC1)N3C=CC2. The molecule has 0 fully saturated rings. The van der Waals surface area contributed by atoms with Crippen molar-refractivity contribution in [2.24, 2.45) is 0 Å². The first-order valence-electron chi connectivity index (χ1n) is 9.06. The number of hydrogen-bond donors (Lipinski definition) is 0. The molecule has 0 saturated carbocycles. The van der Waals surface area contributed by atoms with Gasteiger partial charge in [-0.25, -0.2) is 0 Å². The Morgan fingerprint density at radius 2 is 2.00 bits per heavy atom. The van der Waals surface area contributed by atoms with Gasteiger partial charge in [0.05, 0.1) is 17.0 Å². The van der Waals surface area contributed by atoms with Gasteiger partial charge in [-0.1, -0.05) is 42.5 Å². The van der Waals surface area contributed by atoms with Gasteiger partial charge < -0.3 is 9.64 Å². The first-order chi connectivity index (χ1) is 12.8. The minimum absolute atomic E-state index is 0.0664. The van der Waals surface area contributed by atoms with Crippen molar-refractivity contribution in [3.05, 3.63) is 107 Å². The van der Waals surface area contributed by atoms with Crippen LogP contribution in [0, 0.1) is 0 Å². The number of Topliss-reactive ketones (excluding diaryl/α,β-unsaturated/α-hetero) is 1. The zero-order valence-electron chi connectivity index (χ0n) is 14.4. The predicted molar refractivity (Wildman–Crippen MR) is 100 cm³/mol. The third-order valence-electron chi connectivity index (χ3n) is 5.19. The summed E-state index contributed by atoms with van der Waals surface area (Å²) in [7, 11) is 0. The summed E-state index contributed by atoms with van der Waals surface area (Å²) < 4.78 is 5.96. The van der Waals surface area contributed by atoms with Crippen LogP contribution < -0.4 is 0 Å². The fourth-order valence-corrected chi connectivity index (χ4v) is 3.95. The molecule has 128 valence electrons. The maximum atomic E-state index is 13.2. The molecule has 0 atom stereocenters. The third kappa shape index (κ3) is 2.39. The van der Waals surface area contributed by atoms with Crippen molar-refractivity contribution in [2.75, 3.05) is 0 Å². The number of carbonyl (C=O) groups excluding carboxylic acids is 1. The van der Waals surface area contributed by atoms with E-state index in [4.69, 9.17) is 4.74 Å². The number of nitrogens with zero attached hydrogens (tertiary/aromatic N) is 1. The maximum Gasteiger partial charge on any atom is 0.194 e. The van der Waals surface area contributed by atoms with E-state index in [1.807, 2.05) is 18.2 Å². The van der Waals surface area contributed by atoms with Gasteiger partial charge in [-0.05, 0) is 36.1 Å². The van der Waals surface area contributed by atoms with E-state index in [1.165, 1.54) is 5.57 Å². The summed E-state index contributed by atoms with van der Waals surface area (Å²) in [6.07, 6.45) is 15.5. The van der Waals surface area contributed by atoms with Crippen molar-refractivity contribution in [3.63, 3.8) is 0 Å². The Balaban J connectivity index is 1.60. The molecule has 0 bridgehead atoms. The molecule has 3 nitrogen and oxygen atoms in total. The number of ether oxygens (including phenoxy) is 1. The fourth-order valence-electron chi connectivity index (χ4n) is 3.95. The highest BCUT2D eigenvalue weighted by Crippen LogP contribution is 2.41. The minimum atomic E-state index is 0.0664. The van der Waals surface area contributed by atoms with E-state index in [2.05, 4.69) is 47.5 Å². The second kappa shape index (κ2) is 6.03. The lowest BCUT2D eigenvalue weighted by Gasteiger charge is -2.32. The van der Waals surface area contributed by atoms with Crippen LogP contribution in [0.25, 0.3) is 0 Å². The normalized spacial score (nSPS) is 20.9. The van der Waals surface area contributed by atoms with Crippen molar-refractivity contribution in [2.45, 2.75) is 25.7 Å². The Morgan fingerprint density at radius 3 is 2.88 bits per heavy atom. The molecule has 2 aliphatic carbocycles. The molecule has 0 amide bonds. The van der Waals surface area contributed by atoms with Crippen LogP contribution in [0.5, 0.6) is 0 Å². The lowest BCUT2D eigenvalue weighted by Crippen LogP contribution is -2.27. The van der Waals surface area contributed by atoms with Crippen LogP contribution in [0.3, 0.4) is 0 Å². The van der Waals surface area contributed by atoms with E-state index in [0.717, 1.165) is 47.6 Å². The number of allylic oxidation sites excluding steroid dienone is 8. The Hall–Kier alpha value is -3.07. The van der Waals surface area contributed by atoms with E-state index < -0.39 is 0 Å².